The summed E-state index contributed by atoms with van der Waals surface area (Å²) in [5.41, 5.74) is 2.03. The molecule has 2 aliphatic heterocycles. The van der Waals surface area contributed by atoms with Gasteiger partial charge in [0.1, 0.15) is 13.2 Å². The molecule has 0 saturated heterocycles. The Labute approximate surface area is 194 Å². The zero-order valence-corrected chi connectivity index (χ0v) is 19.7. The van der Waals surface area contributed by atoms with Crippen molar-refractivity contribution >= 4 is 27.4 Å². The Hall–Kier alpha value is -2.91. The van der Waals surface area contributed by atoms with E-state index in [-0.39, 0.29) is 29.4 Å². The van der Waals surface area contributed by atoms with Crippen molar-refractivity contribution in [3.63, 3.8) is 0 Å². The van der Waals surface area contributed by atoms with Crippen molar-refractivity contribution in [2.24, 2.45) is 0 Å². The highest BCUT2D eigenvalue weighted by atomic mass is 32.2. The van der Waals surface area contributed by atoms with Crippen LogP contribution in [0.2, 0.25) is 0 Å². The smallest absolute Gasteiger partial charge is 0.243 e. The van der Waals surface area contributed by atoms with Crippen LogP contribution in [0.5, 0.6) is 11.5 Å². The van der Waals surface area contributed by atoms with Gasteiger partial charge in [-0.25, -0.2) is 8.42 Å². The van der Waals surface area contributed by atoms with Crippen LogP contribution >= 0.6 is 0 Å². The van der Waals surface area contributed by atoms with Crippen molar-refractivity contribution in [2.45, 2.75) is 38.0 Å². The first kappa shape index (κ1) is 23.3. The molecule has 0 aliphatic carbocycles. The van der Waals surface area contributed by atoms with E-state index in [1.807, 2.05) is 0 Å². The topological polar surface area (TPSA) is 93.2 Å². The van der Waals surface area contributed by atoms with Gasteiger partial charge in [-0.3, -0.25) is 9.59 Å². The number of carbonyl (C=O) groups is 2. The maximum absolute atomic E-state index is 12.9. The molecular weight excluding hydrogens is 444 g/mol. The van der Waals surface area contributed by atoms with Gasteiger partial charge in [-0.15, -0.1) is 0 Å². The molecule has 0 fully saturated rings. The second-order valence-electron chi connectivity index (χ2n) is 7.96. The number of sulfonamides is 1. The normalized spacial score (nSPS) is 14.9. The van der Waals surface area contributed by atoms with Crippen LogP contribution in [0.4, 0.5) is 5.69 Å². The first-order chi connectivity index (χ1) is 15.8. The lowest BCUT2D eigenvalue weighted by molar-refractivity contribution is -0.118. The Morgan fingerprint density at radius 2 is 1.70 bits per heavy atom. The molecule has 1 amide bonds. The summed E-state index contributed by atoms with van der Waals surface area (Å²) < 4.78 is 38.0. The van der Waals surface area contributed by atoms with Gasteiger partial charge in [0.05, 0.1) is 4.90 Å². The van der Waals surface area contributed by atoms with Crippen LogP contribution in [0, 0.1) is 0 Å². The Morgan fingerprint density at radius 3 is 2.42 bits per heavy atom. The van der Waals surface area contributed by atoms with Crippen LogP contribution in [-0.2, 0) is 21.2 Å². The van der Waals surface area contributed by atoms with E-state index in [4.69, 9.17) is 9.47 Å². The van der Waals surface area contributed by atoms with E-state index < -0.39 is 10.0 Å². The molecule has 0 bridgehead atoms. The van der Waals surface area contributed by atoms with E-state index in [1.165, 1.54) is 4.31 Å². The predicted octanol–water partition coefficient (Wildman–Crippen LogP) is 3.04. The highest BCUT2D eigenvalue weighted by Gasteiger charge is 2.28. The summed E-state index contributed by atoms with van der Waals surface area (Å²) in [5.74, 6) is 0.867. The molecule has 2 heterocycles. The van der Waals surface area contributed by atoms with Crippen molar-refractivity contribution in [2.75, 3.05) is 37.7 Å². The van der Waals surface area contributed by atoms with E-state index in [9.17, 15) is 18.0 Å². The number of rotatable bonds is 8. The number of ketones is 1. The Balaban J connectivity index is 1.42. The third-order valence-electron chi connectivity index (χ3n) is 6.02. The number of fused-ring (bicyclic) bond motifs is 2. The molecular formula is C24H28N2O6S. The quantitative estimate of drug-likeness (QED) is 0.549. The number of hydrogen-bond donors (Lipinski definition) is 0. The number of carbonyl (C=O) groups excluding carboxylic acids is 2. The minimum absolute atomic E-state index is 0.0756. The summed E-state index contributed by atoms with van der Waals surface area (Å²) in [7, 11) is -3.55. The minimum Gasteiger partial charge on any atom is -0.486 e. The lowest BCUT2D eigenvalue weighted by atomic mass is 10.1. The molecule has 0 unspecified atom stereocenters. The van der Waals surface area contributed by atoms with Gasteiger partial charge in [0, 0.05) is 43.7 Å². The van der Waals surface area contributed by atoms with E-state index in [2.05, 4.69) is 0 Å². The second-order valence-corrected chi connectivity index (χ2v) is 9.89. The first-order valence-corrected chi connectivity index (χ1v) is 12.7. The van der Waals surface area contributed by atoms with E-state index >= 15 is 0 Å². The lowest BCUT2D eigenvalue weighted by Crippen LogP contribution is -2.31. The van der Waals surface area contributed by atoms with Gasteiger partial charge in [-0.1, -0.05) is 13.8 Å². The summed E-state index contributed by atoms with van der Waals surface area (Å²) >= 11 is 0. The first-order valence-electron chi connectivity index (χ1n) is 11.2. The summed E-state index contributed by atoms with van der Waals surface area (Å²) in [6.07, 6.45) is 0.740. The fourth-order valence-corrected chi connectivity index (χ4v) is 5.74. The molecule has 4 rings (SSSR count). The molecule has 8 nitrogen and oxygen atoms in total. The van der Waals surface area contributed by atoms with Crippen LogP contribution in [0.3, 0.4) is 0 Å². The molecule has 2 aromatic carbocycles. The summed E-state index contributed by atoms with van der Waals surface area (Å²) in [4.78, 5) is 27.4. The number of anilines is 1. The maximum atomic E-state index is 12.9. The third-order valence-corrected chi connectivity index (χ3v) is 8.07. The number of ether oxygens (including phenoxy) is 2. The van der Waals surface area contributed by atoms with Crippen molar-refractivity contribution < 1.29 is 27.5 Å². The average Bonchev–Trinajstić information content (AvgIpc) is 3.26. The zero-order chi connectivity index (χ0) is 23.6. The average molecular weight is 473 g/mol. The van der Waals surface area contributed by atoms with Crippen molar-refractivity contribution in [1.82, 2.24) is 4.31 Å². The number of benzene rings is 2. The molecule has 0 aromatic heterocycles. The summed E-state index contributed by atoms with van der Waals surface area (Å²) in [6, 6.07) is 9.96. The van der Waals surface area contributed by atoms with Gasteiger partial charge < -0.3 is 14.4 Å². The summed E-state index contributed by atoms with van der Waals surface area (Å²) in [6.45, 7) is 5.81. The molecule has 0 saturated carbocycles. The van der Waals surface area contributed by atoms with Gasteiger partial charge >= 0.3 is 0 Å². The van der Waals surface area contributed by atoms with Crippen LogP contribution in [-0.4, -0.2) is 57.3 Å². The fourth-order valence-electron chi connectivity index (χ4n) is 4.23. The van der Waals surface area contributed by atoms with Gasteiger partial charge in [0.25, 0.3) is 0 Å². The Kier molecular flexibility index (Phi) is 6.71. The number of amides is 1. The predicted molar refractivity (Wildman–Crippen MR) is 124 cm³/mol. The Morgan fingerprint density at radius 1 is 0.970 bits per heavy atom. The zero-order valence-electron chi connectivity index (χ0n) is 18.9. The molecule has 33 heavy (non-hydrogen) atoms. The van der Waals surface area contributed by atoms with Gasteiger partial charge in [-0.2, -0.15) is 4.31 Å². The molecule has 2 aromatic rings. The van der Waals surface area contributed by atoms with Gasteiger partial charge in [0.2, 0.25) is 15.9 Å². The molecule has 0 N–H and O–H groups in total. The second kappa shape index (κ2) is 9.52. The van der Waals surface area contributed by atoms with Crippen molar-refractivity contribution in [3.8, 4) is 11.5 Å². The van der Waals surface area contributed by atoms with Crippen LogP contribution < -0.4 is 14.4 Å². The molecule has 0 spiro atoms. The SMILES string of the molecule is CCN(CC)S(=O)(=O)c1ccc2c(c1)CCN2C(=O)CCC(=O)c1ccc2c(c1)OCCO2. The maximum Gasteiger partial charge on any atom is 0.243 e. The van der Waals surface area contributed by atoms with E-state index in [0.29, 0.717) is 62.0 Å². The molecule has 176 valence electrons. The van der Waals surface area contributed by atoms with Crippen LogP contribution in [0.25, 0.3) is 0 Å². The number of nitrogens with zero attached hydrogens (tertiary/aromatic N) is 2. The highest BCUT2D eigenvalue weighted by molar-refractivity contribution is 7.89. The minimum atomic E-state index is -3.55. The number of Topliss-reactive ketones (excluding diaryl/α,β-unsaturated/α-hetero) is 1. The van der Waals surface area contributed by atoms with Crippen molar-refractivity contribution in [1.29, 1.82) is 0 Å². The Bertz CT molecular complexity index is 1170. The van der Waals surface area contributed by atoms with Crippen molar-refractivity contribution in [3.05, 3.63) is 47.5 Å². The van der Waals surface area contributed by atoms with E-state index in [0.717, 1.165) is 5.56 Å². The van der Waals surface area contributed by atoms with Gasteiger partial charge in [-0.05, 0) is 48.4 Å². The summed E-state index contributed by atoms with van der Waals surface area (Å²) in [5, 5.41) is 0. The standard InChI is InChI=1S/C24H28N2O6S/c1-3-25(4-2)33(29,30)19-6-7-20-17(15-19)11-12-26(20)24(28)10-8-21(27)18-5-9-22-23(16-18)32-14-13-31-22/h5-7,9,15-16H,3-4,8,10-14H2,1-2H3. The number of hydrogen-bond acceptors (Lipinski definition) is 6. The molecule has 2 aliphatic rings. The molecule has 9 heteroatoms. The van der Waals surface area contributed by atoms with Crippen LogP contribution in [0.1, 0.15) is 42.6 Å². The molecule has 0 radical (unpaired) electrons. The highest BCUT2D eigenvalue weighted by Crippen LogP contribution is 2.33. The van der Waals surface area contributed by atoms with Gasteiger partial charge in [0.15, 0.2) is 17.3 Å². The monoisotopic (exact) mass is 472 g/mol. The third kappa shape index (κ3) is 4.60. The van der Waals surface area contributed by atoms with E-state index in [1.54, 1.807) is 55.1 Å². The largest absolute Gasteiger partial charge is 0.486 e. The molecule has 0 atom stereocenters. The fraction of sp³-hybridized carbons (Fsp3) is 0.417. The lowest BCUT2D eigenvalue weighted by Gasteiger charge is -2.20. The van der Waals surface area contributed by atoms with Crippen LogP contribution in [0.15, 0.2) is 41.3 Å².